The van der Waals surface area contributed by atoms with Crippen LogP contribution in [0.15, 0.2) is 12.1 Å². The average molecular weight is 315 g/mol. The molecule has 124 valence electrons. The van der Waals surface area contributed by atoms with E-state index in [-0.39, 0.29) is 0 Å². The van der Waals surface area contributed by atoms with Crippen molar-refractivity contribution < 1.29 is 9.90 Å². The fraction of sp³-hybridized carbons (Fsp3) is 0.500. The minimum absolute atomic E-state index is 0.626. The highest BCUT2D eigenvalue weighted by Crippen LogP contribution is 2.35. The summed E-state index contributed by atoms with van der Waals surface area (Å²) in [5, 5.41) is 13.8. The summed E-state index contributed by atoms with van der Waals surface area (Å²) in [6.07, 6.45) is 0. The van der Waals surface area contributed by atoms with Gasteiger partial charge in [-0.1, -0.05) is 13.8 Å². The number of aryl methyl sites for hydroxylation is 1. The molecule has 5 nitrogen and oxygen atoms in total. The zero-order chi connectivity index (χ0) is 16.7. The summed E-state index contributed by atoms with van der Waals surface area (Å²) in [6, 6.07) is 3.78. The van der Waals surface area contributed by atoms with Gasteiger partial charge in [0, 0.05) is 42.3 Å². The smallest absolute Gasteiger partial charge is 0.325 e. The lowest BCUT2D eigenvalue weighted by atomic mass is 10.00. The summed E-state index contributed by atoms with van der Waals surface area (Å²) in [4.78, 5) is 14.1. The van der Waals surface area contributed by atoms with Crippen molar-refractivity contribution in [3.05, 3.63) is 34.5 Å². The molecule has 0 aliphatic carbocycles. The number of carboxylic acid groups (broad SMARTS) is 1. The fourth-order valence-corrected chi connectivity index (χ4v) is 3.66. The second-order valence-electron chi connectivity index (χ2n) is 6.33. The predicted molar refractivity (Wildman–Crippen MR) is 91.5 cm³/mol. The predicted octanol–water partition coefficient (Wildman–Crippen LogP) is 2.56. The van der Waals surface area contributed by atoms with Crippen molar-refractivity contribution in [1.82, 2.24) is 14.8 Å². The van der Waals surface area contributed by atoms with Crippen molar-refractivity contribution >= 4 is 16.9 Å². The minimum Gasteiger partial charge on any atom is -0.480 e. The molecule has 0 fully saturated rings. The molecule has 2 N–H and O–H groups in total. The van der Waals surface area contributed by atoms with Gasteiger partial charge in [-0.15, -0.1) is 0 Å². The molecule has 1 atom stereocenters. The van der Waals surface area contributed by atoms with Crippen LogP contribution in [-0.2, 0) is 24.9 Å². The Kier molecular flexibility index (Phi) is 4.17. The molecule has 0 bridgehead atoms. The van der Waals surface area contributed by atoms with E-state index in [0.717, 1.165) is 41.8 Å². The maximum Gasteiger partial charge on any atom is 0.325 e. The second-order valence-corrected chi connectivity index (χ2v) is 6.33. The van der Waals surface area contributed by atoms with E-state index in [4.69, 9.17) is 0 Å². The van der Waals surface area contributed by atoms with Crippen LogP contribution in [0.4, 0.5) is 0 Å². The Morgan fingerprint density at radius 3 is 2.52 bits per heavy atom. The summed E-state index contributed by atoms with van der Waals surface area (Å²) in [6.45, 7) is 9.71. The van der Waals surface area contributed by atoms with Crippen molar-refractivity contribution in [3.8, 4) is 0 Å². The molecule has 0 radical (unpaired) electrons. The van der Waals surface area contributed by atoms with Gasteiger partial charge in [0.2, 0.25) is 0 Å². The van der Waals surface area contributed by atoms with Gasteiger partial charge in [0.05, 0.1) is 0 Å². The zero-order valence-corrected chi connectivity index (χ0v) is 14.3. The first-order chi connectivity index (χ1) is 11.0. The number of carboxylic acids is 1. The van der Waals surface area contributed by atoms with Gasteiger partial charge in [-0.2, -0.15) is 0 Å². The normalized spacial score (nSPS) is 16.0. The van der Waals surface area contributed by atoms with E-state index in [9.17, 15) is 9.90 Å². The van der Waals surface area contributed by atoms with Crippen LogP contribution >= 0.6 is 0 Å². The summed E-state index contributed by atoms with van der Waals surface area (Å²) >= 11 is 0. The van der Waals surface area contributed by atoms with Gasteiger partial charge >= 0.3 is 5.97 Å². The highest BCUT2D eigenvalue weighted by atomic mass is 16.4. The zero-order valence-electron chi connectivity index (χ0n) is 14.3. The van der Waals surface area contributed by atoms with Crippen LogP contribution in [0, 0.1) is 6.92 Å². The molecule has 0 saturated carbocycles. The van der Waals surface area contributed by atoms with Crippen LogP contribution < -0.4 is 5.32 Å². The van der Waals surface area contributed by atoms with Crippen LogP contribution in [0.1, 0.15) is 42.3 Å². The summed E-state index contributed by atoms with van der Waals surface area (Å²) in [7, 11) is 2.02. The number of likely N-dealkylation sites (N-methyl/N-ethyl adjacent to an activating group) is 1. The number of benzene rings is 1. The summed E-state index contributed by atoms with van der Waals surface area (Å²) in [5.74, 6) is -0.821. The number of carbonyl (C=O) groups is 1. The number of nitrogens with zero attached hydrogens (tertiary/aromatic N) is 2. The third-order valence-electron chi connectivity index (χ3n) is 5.04. The van der Waals surface area contributed by atoms with Crippen molar-refractivity contribution in [3.63, 3.8) is 0 Å². The molecule has 2 aromatic rings. The highest BCUT2D eigenvalue weighted by Gasteiger charge is 2.28. The number of hydrogen-bond acceptors (Lipinski definition) is 3. The Morgan fingerprint density at radius 1 is 1.30 bits per heavy atom. The highest BCUT2D eigenvalue weighted by molar-refractivity contribution is 5.92. The van der Waals surface area contributed by atoms with E-state index in [0.29, 0.717) is 6.54 Å². The Balaban J connectivity index is 2.19. The Bertz CT molecular complexity index is 763. The lowest BCUT2D eigenvalue weighted by Crippen LogP contribution is -2.28. The lowest BCUT2D eigenvalue weighted by Gasteiger charge is -2.14. The topological polar surface area (TPSA) is 57.5 Å². The van der Waals surface area contributed by atoms with Crippen LogP contribution in [0.3, 0.4) is 0 Å². The average Bonchev–Trinajstić information content (AvgIpc) is 3.03. The largest absolute Gasteiger partial charge is 0.480 e. The van der Waals surface area contributed by atoms with E-state index in [1.54, 1.807) is 0 Å². The molecule has 1 unspecified atom stereocenters. The number of hydrogen-bond donors (Lipinski definition) is 2. The first-order valence-corrected chi connectivity index (χ1v) is 8.27. The number of aliphatic carboxylic acids is 1. The van der Waals surface area contributed by atoms with Crippen LogP contribution in [-0.4, -0.2) is 33.6 Å². The maximum absolute atomic E-state index is 11.7. The van der Waals surface area contributed by atoms with Crippen molar-refractivity contribution in [2.45, 2.75) is 39.9 Å². The van der Waals surface area contributed by atoms with Crippen LogP contribution in [0.2, 0.25) is 0 Å². The van der Waals surface area contributed by atoms with E-state index in [1.807, 2.05) is 20.9 Å². The third-order valence-corrected chi connectivity index (χ3v) is 5.04. The fourth-order valence-electron chi connectivity index (χ4n) is 3.66. The first-order valence-electron chi connectivity index (χ1n) is 8.27. The lowest BCUT2D eigenvalue weighted by molar-refractivity contribution is -0.139. The molecule has 1 aliphatic heterocycles. The molecule has 1 aliphatic rings. The van der Waals surface area contributed by atoms with E-state index >= 15 is 0 Å². The van der Waals surface area contributed by atoms with E-state index in [1.165, 1.54) is 11.1 Å². The van der Waals surface area contributed by atoms with Gasteiger partial charge in [-0.05, 0) is 43.3 Å². The molecule has 1 aromatic heterocycles. The number of fused-ring (bicyclic) bond motifs is 2. The van der Waals surface area contributed by atoms with Gasteiger partial charge in [0.25, 0.3) is 0 Å². The van der Waals surface area contributed by atoms with E-state index < -0.39 is 12.0 Å². The summed E-state index contributed by atoms with van der Waals surface area (Å²) < 4.78 is 2.12. The van der Waals surface area contributed by atoms with Gasteiger partial charge in [-0.3, -0.25) is 9.69 Å². The summed E-state index contributed by atoms with van der Waals surface area (Å²) in [5.41, 5.74) is 5.73. The van der Waals surface area contributed by atoms with Gasteiger partial charge in [0.15, 0.2) is 0 Å². The third kappa shape index (κ3) is 2.54. The second kappa shape index (κ2) is 5.98. The number of aromatic nitrogens is 1. The van der Waals surface area contributed by atoms with E-state index in [2.05, 4.69) is 33.8 Å². The molecule has 0 saturated heterocycles. The molecule has 0 amide bonds. The Morgan fingerprint density at radius 2 is 1.96 bits per heavy atom. The molecule has 23 heavy (non-hydrogen) atoms. The van der Waals surface area contributed by atoms with Crippen molar-refractivity contribution in [1.29, 1.82) is 0 Å². The molecule has 5 heteroatoms. The SMILES string of the molecule is CCNC(C(=O)O)c1c(C)n(C)c2cc3c(cc12)CN(CC)C3. The van der Waals surface area contributed by atoms with Crippen molar-refractivity contribution in [2.24, 2.45) is 7.05 Å². The van der Waals surface area contributed by atoms with Crippen LogP contribution in [0.5, 0.6) is 0 Å². The standard InChI is InChI=1S/C18H25N3O2/c1-5-19-17(18(22)23)16-11(3)20(4)15-8-13-10-21(6-2)9-12(13)7-14(15)16/h7-8,17,19H,5-6,9-10H2,1-4H3,(H,22,23). The van der Waals surface area contributed by atoms with Gasteiger partial charge in [0.1, 0.15) is 6.04 Å². The molecule has 2 heterocycles. The molecule has 0 spiro atoms. The maximum atomic E-state index is 11.7. The van der Waals surface area contributed by atoms with Crippen molar-refractivity contribution in [2.75, 3.05) is 13.1 Å². The minimum atomic E-state index is -0.821. The van der Waals surface area contributed by atoms with Gasteiger partial charge in [-0.25, -0.2) is 0 Å². The molecule has 3 rings (SSSR count). The Labute approximate surface area is 136 Å². The molecular weight excluding hydrogens is 290 g/mol. The number of nitrogens with one attached hydrogen (secondary N) is 1. The molecule has 1 aromatic carbocycles. The Hall–Kier alpha value is -1.85. The monoisotopic (exact) mass is 315 g/mol. The number of rotatable bonds is 5. The van der Waals surface area contributed by atoms with Crippen LogP contribution in [0.25, 0.3) is 10.9 Å². The van der Waals surface area contributed by atoms with Gasteiger partial charge < -0.3 is 15.0 Å². The quantitative estimate of drug-likeness (QED) is 0.890. The first kappa shape index (κ1) is 16.0. The molecular formula is C18H25N3O2.